The maximum atomic E-state index is 9.30. The van der Waals surface area contributed by atoms with Crippen LogP contribution in [-0.2, 0) is 7.33 Å². The average molecular weight is 354 g/mol. The molecule has 5 nitrogen and oxygen atoms in total. The second kappa shape index (κ2) is 16.1. The molecule has 0 amide bonds. The zero-order valence-corrected chi connectivity index (χ0v) is 9.53. The SMILES string of the molecule is OCCO.[O]=[Sb][O][Sb]=[O]. The summed E-state index contributed by atoms with van der Waals surface area (Å²) in [6.07, 6.45) is 0. The first-order chi connectivity index (χ1) is 4.33. The van der Waals surface area contributed by atoms with Crippen LogP contribution in [0.2, 0.25) is 0 Å². The predicted octanol–water partition coefficient (Wildman–Crippen LogP) is -2.10. The van der Waals surface area contributed by atoms with Crippen LogP contribution in [0, 0.1) is 0 Å². The Morgan fingerprint density at radius 2 is 1.44 bits per heavy atom. The van der Waals surface area contributed by atoms with Gasteiger partial charge in [-0.1, -0.05) is 0 Å². The van der Waals surface area contributed by atoms with Crippen LogP contribution in [0.25, 0.3) is 0 Å². The van der Waals surface area contributed by atoms with E-state index in [0.29, 0.717) is 0 Å². The molecule has 9 heavy (non-hydrogen) atoms. The Morgan fingerprint density at radius 1 is 1.11 bits per heavy atom. The molecule has 0 aliphatic heterocycles. The molecule has 54 valence electrons. The van der Waals surface area contributed by atoms with Crippen LogP contribution in [-0.4, -0.2) is 67.5 Å². The summed E-state index contributed by atoms with van der Waals surface area (Å²) in [5, 5.41) is 15.2. The topological polar surface area (TPSA) is 83.8 Å². The first-order valence-electron chi connectivity index (χ1n) is 1.86. The molecule has 0 aromatic heterocycles. The summed E-state index contributed by atoms with van der Waals surface area (Å²) in [7, 11) is 0. The molecule has 0 aromatic rings. The molecule has 7 heteroatoms. The standard InChI is InChI=1S/C2H6O2.3O.2Sb/c3-1-2-4;;;;;/h3-4H,1-2H2;;;;;. The molecule has 0 aliphatic carbocycles. The Hall–Kier alpha value is 1.12. The molecule has 0 spiro atoms. The predicted molar refractivity (Wildman–Crippen MR) is 28.1 cm³/mol. The van der Waals surface area contributed by atoms with Gasteiger partial charge < -0.3 is 10.2 Å². The van der Waals surface area contributed by atoms with E-state index in [9.17, 15) is 6.03 Å². The molecule has 0 unspecified atom stereocenters. The molecule has 2 N–H and O–H groups in total. The summed E-state index contributed by atoms with van der Waals surface area (Å²) in [6, 6.07) is 0. The van der Waals surface area contributed by atoms with Gasteiger partial charge in [0.25, 0.3) is 0 Å². The third-order valence-corrected chi connectivity index (χ3v) is 3.10. The van der Waals surface area contributed by atoms with Crippen molar-refractivity contribution in [2.24, 2.45) is 0 Å². The van der Waals surface area contributed by atoms with E-state index in [1.165, 1.54) is 0 Å². The Morgan fingerprint density at radius 3 is 1.44 bits per heavy atom. The Bertz CT molecular complexity index is 58.0. The van der Waals surface area contributed by atoms with Crippen molar-refractivity contribution in [2.45, 2.75) is 0 Å². The van der Waals surface area contributed by atoms with Crippen molar-refractivity contribution in [1.29, 1.82) is 0 Å². The molecular formula is C2H6O5Sb2. The molecule has 0 bridgehead atoms. The van der Waals surface area contributed by atoms with Crippen LogP contribution >= 0.6 is 0 Å². The molecule has 0 atom stereocenters. The van der Waals surface area contributed by atoms with Crippen LogP contribution in [0.15, 0.2) is 0 Å². The number of hydrogen-bond donors (Lipinski definition) is 2. The molecule has 0 heterocycles. The van der Waals surface area contributed by atoms with Crippen molar-refractivity contribution in [3.8, 4) is 0 Å². The van der Waals surface area contributed by atoms with E-state index in [1.54, 1.807) is 0 Å². The molecule has 0 saturated carbocycles. The second-order valence-corrected chi connectivity index (χ2v) is 5.12. The Balaban J connectivity index is 0. The summed E-state index contributed by atoms with van der Waals surface area (Å²) < 4.78 is 22.6. The van der Waals surface area contributed by atoms with Crippen molar-refractivity contribution >= 4 is 44.1 Å². The molecule has 0 fully saturated rings. The van der Waals surface area contributed by atoms with Gasteiger partial charge in [-0.2, -0.15) is 0 Å². The van der Waals surface area contributed by atoms with Crippen LogP contribution in [0.4, 0.5) is 0 Å². The number of aliphatic hydroxyl groups is 2. The first-order valence-corrected chi connectivity index (χ1v) is 6.03. The van der Waals surface area contributed by atoms with Gasteiger partial charge in [-0.05, 0) is 0 Å². The molecule has 0 rings (SSSR count). The molecule has 0 radical (unpaired) electrons. The van der Waals surface area contributed by atoms with Gasteiger partial charge in [-0.3, -0.25) is 0 Å². The zero-order valence-electron chi connectivity index (χ0n) is 4.43. The maximum absolute atomic E-state index is 9.30. The number of aliphatic hydroxyl groups excluding tert-OH is 2. The van der Waals surface area contributed by atoms with Gasteiger partial charge in [0.2, 0.25) is 0 Å². The van der Waals surface area contributed by atoms with E-state index in [2.05, 4.69) is 1.29 Å². The van der Waals surface area contributed by atoms with E-state index in [0.717, 1.165) is 0 Å². The van der Waals surface area contributed by atoms with Gasteiger partial charge in [0.05, 0.1) is 13.2 Å². The molecule has 0 aliphatic rings. The van der Waals surface area contributed by atoms with Crippen LogP contribution in [0.1, 0.15) is 0 Å². The normalized spacial score (nSPS) is 6.89. The summed E-state index contributed by atoms with van der Waals surface area (Å²) in [4.78, 5) is 0. The third-order valence-electron chi connectivity index (χ3n) is 0.167. The van der Waals surface area contributed by atoms with Crippen LogP contribution in [0.3, 0.4) is 0 Å². The quantitative estimate of drug-likeness (QED) is 0.568. The fraction of sp³-hybridized carbons (Fsp3) is 1.00. The van der Waals surface area contributed by atoms with Gasteiger partial charge in [0, 0.05) is 0 Å². The summed E-state index contributed by atoms with van der Waals surface area (Å²) in [5.41, 5.74) is 0. The van der Waals surface area contributed by atoms with Crippen molar-refractivity contribution in [1.82, 2.24) is 0 Å². The zero-order chi connectivity index (χ0) is 7.54. The van der Waals surface area contributed by atoms with E-state index in [1.807, 2.05) is 0 Å². The minimum atomic E-state index is -1.66. The summed E-state index contributed by atoms with van der Waals surface area (Å²) >= 11 is -3.31. The van der Waals surface area contributed by atoms with Crippen molar-refractivity contribution < 1.29 is 17.5 Å². The van der Waals surface area contributed by atoms with Crippen molar-refractivity contribution in [2.75, 3.05) is 13.2 Å². The van der Waals surface area contributed by atoms with Gasteiger partial charge in [-0.25, -0.2) is 0 Å². The van der Waals surface area contributed by atoms with Crippen LogP contribution in [0.5, 0.6) is 0 Å². The second-order valence-electron chi connectivity index (χ2n) is 0.678. The van der Waals surface area contributed by atoms with E-state index in [-0.39, 0.29) is 13.2 Å². The fourth-order valence-corrected chi connectivity index (χ4v) is 0.612. The third kappa shape index (κ3) is 27.2. The van der Waals surface area contributed by atoms with Gasteiger partial charge >= 0.3 is 51.4 Å². The Labute approximate surface area is 74.4 Å². The summed E-state index contributed by atoms with van der Waals surface area (Å²) in [6.45, 7) is -0.250. The number of rotatable bonds is 3. The van der Waals surface area contributed by atoms with Crippen LogP contribution < -0.4 is 0 Å². The molecule has 0 saturated heterocycles. The number of hydrogen-bond acceptors (Lipinski definition) is 5. The first kappa shape index (κ1) is 12.8. The Kier molecular flexibility index (Phi) is 22.8. The van der Waals surface area contributed by atoms with Gasteiger partial charge in [0.1, 0.15) is 0 Å². The van der Waals surface area contributed by atoms with Crippen molar-refractivity contribution in [3.05, 3.63) is 0 Å². The van der Waals surface area contributed by atoms with E-state index < -0.39 is 44.1 Å². The van der Waals surface area contributed by atoms with E-state index in [4.69, 9.17) is 10.2 Å². The summed E-state index contributed by atoms with van der Waals surface area (Å²) in [5.74, 6) is 0. The van der Waals surface area contributed by atoms with E-state index >= 15 is 0 Å². The average Bonchev–Trinajstić information content (AvgIpc) is 1.91. The molecular weight excluding hydrogens is 348 g/mol. The minimum absolute atomic E-state index is 0.125. The van der Waals surface area contributed by atoms with Crippen molar-refractivity contribution in [3.63, 3.8) is 0 Å². The monoisotopic (exact) mass is 352 g/mol. The molecule has 0 aromatic carbocycles. The van der Waals surface area contributed by atoms with Gasteiger partial charge in [-0.15, -0.1) is 0 Å². The fourth-order valence-electron chi connectivity index (χ4n) is 0.0136. The van der Waals surface area contributed by atoms with Gasteiger partial charge in [0.15, 0.2) is 0 Å².